The summed E-state index contributed by atoms with van der Waals surface area (Å²) in [4.78, 5) is 26.5. The van der Waals surface area contributed by atoms with Gasteiger partial charge in [0.05, 0.1) is 17.6 Å². The van der Waals surface area contributed by atoms with E-state index in [2.05, 4.69) is 5.32 Å². The summed E-state index contributed by atoms with van der Waals surface area (Å²) < 4.78 is 44.3. The highest BCUT2D eigenvalue weighted by Crippen LogP contribution is 2.47. The summed E-state index contributed by atoms with van der Waals surface area (Å²) in [5, 5.41) is 4.10. The molecule has 3 heterocycles. The van der Waals surface area contributed by atoms with Crippen LogP contribution in [0.15, 0.2) is 47.8 Å². The molecule has 2 aromatic carbocycles. The lowest BCUT2D eigenvalue weighted by molar-refractivity contribution is -0.139. The maximum Gasteiger partial charge on any atom is 0.259 e. The second kappa shape index (κ2) is 6.98. The first kappa shape index (κ1) is 20.4. The zero-order valence-corrected chi connectivity index (χ0v) is 17.7. The number of hydrogen-bond acceptors (Lipinski definition) is 3. The van der Waals surface area contributed by atoms with Gasteiger partial charge in [-0.3, -0.25) is 14.5 Å². The van der Waals surface area contributed by atoms with Crippen LogP contribution in [0.25, 0.3) is 10.9 Å². The lowest BCUT2D eigenvalue weighted by Gasteiger charge is -2.20. The van der Waals surface area contributed by atoms with Crippen LogP contribution >= 0.6 is 0 Å². The molecule has 5 nitrogen and oxygen atoms in total. The Kier molecular flexibility index (Phi) is 4.44. The number of carbonyl (C=O) groups is 2. The van der Waals surface area contributed by atoms with Crippen LogP contribution < -0.4 is 5.32 Å². The van der Waals surface area contributed by atoms with Crippen molar-refractivity contribution in [3.8, 4) is 0 Å². The van der Waals surface area contributed by atoms with E-state index in [4.69, 9.17) is 0 Å². The second-order valence-corrected chi connectivity index (χ2v) is 8.44. The SMILES string of the molecule is CC(=O)N1CC2=C(C1=O)[C@@H](c1cc(F)c(F)c(F)c1)c1cn(C(C)C)c3cccc(c13)N2. The van der Waals surface area contributed by atoms with Gasteiger partial charge >= 0.3 is 0 Å². The van der Waals surface area contributed by atoms with Gasteiger partial charge in [0, 0.05) is 41.9 Å². The van der Waals surface area contributed by atoms with Gasteiger partial charge in [-0.1, -0.05) is 6.07 Å². The van der Waals surface area contributed by atoms with Crippen LogP contribution in [-0.4, -0.2) is 27.8 Å². The third-order valence-corrected chi connectivity index (χ3v) is 6.17. The molecule has 0 saturated heterocycles. The van der Waals surface area contributed by atoms with Gasteiger partial charge in [-0.25, -0.2) is 13.2 Å². The third kappa shape index (κ3) is 2.78. The Hall–Kier alpha value is -3.55. The average molecular weight is 439 g/mol. The van der Waals surface area contributed by atoms with E-state index in [1.54, 1.807) is 0 Å². The molecule has 0 radical (unpaired) electrons. The van der Waals surface area contributed by atoms with Gasteiger partial charge in [-0.2, -0.15) is 0 Å². The summed E-state index contributed by atoms with van der Waals surface area (Å²) in [6, 6.07) is 7.59. The van der Waals surface area contributed by atoms with Crippen molar-refractivity contribution in [2.24, 2.45) is 0 Å². The molecule has 1 atom stereocenters. The van der Waals surface area contributed by atoms with E-state index in [0.717, 1.165) is 33.6 Å². The predicted octanol–water partition coefficient (Wildman–Crippen LogP) is 4.84. The predicted molar refractivity (Wildman–Crippen MR) is 114 cm³/mol. The molecule has 2 aliphatic heterocycles. The minimum Gasteiger partial charge on any atom is -0.356 e. The monoisotopic (exact) mass is 439 g/mol. The number of amides is 2. The Bertz CT molecular complexity index is 1330. The quantitative estimate of drug-likeness (QED) is 0.582. The van der Waals surface area contributed by atoms with Crippen LogP contribution in [0.3, 0.4) is 0 Å². The molecule has 3 aromatic rings. The molecule has 5 rings (SSSR count). The Balaban J connectivity index is 1.85. The standard InChI is InChI=1S/C24H20F3N3O2/c1-11(2)29-9-14-20(13-7-15(25)23(27)16(26)8-13)22-18(10-30(12(3)31)24(22)32)28-17-5-4-6-19(29)21(14)17/h4-9,11,20,28H,10H2,1-3H3/t20-/m0/s1. The number of nitrogens with one attached hydrogen (secondary N) is 1. The topological polar surface area (TPSA) is 54.3 Å². The van der Waals surface area contributed by atoms with Crippen molar-refractivity contribution in [3.05, 3.63) is 76.4 Å². The number of nitrogens with zero attached hydrogens (tertiary/aromatic N) is 2. The largest absolute Gasteiger partial charge is 0.356 e. The molecular weight excluding hydrogens is 419 g/mol. The highest BCUT2D eigenvalue weighted by atomic mass is 19.2. The van der Waals surface area contributed by atoms with Crippen LogP contribution in [-0.2, 0) is 9.59 Å². The van der Waals surface area contributed by atoms with Gasteiger partial charge in [0.15, 0.2) is 17.5 Å². The summed E-state index contributed by atoms with van der Waals surface area (Å²) in [6.07, 6.45) is 1.87. The van der Waals surface area contributed by atoms with Gasteiger partial charge in [-0.05, 0) is 49.2 Å². The molecule has 2 aliphatic rings. The highest BCUT2D eigenvalue weighted by Gasteiger charge is 2.42. The number of rotatable bonds is 2. The molecular formula is C24H20F3N3O2. The maximum atomic E-state index is 14.3. The molecule has 1 aromatic heterocycles. The minimum atomic E-state index is -1.57. The van der Waals surface area contributed by atoms with Crippen molar-refractivity contribution in [1.82, 2.24) is 9.47 Å². The number of hydrogen-bond donors (Lipinski definition) is 1. The molecule has 0 unspecified atom stereocenters. The molecule has 2 amide bonds. The first-order valence-corrected chi connectivity index (χ1v) is 10.3. The first-order valence-electron chi connectivity index (χ1n) is 10.3. The molecule has 0 spiro atoms. The lowest BCUT2D eigenvalue weighted by Crippen LogP contribution is -2.33. The molecule has 0 saturated carbocycles. The number of aromatic nitrogens is 1. The van der Waals surface area contributed by atoms with Crippen LogP contribution in [0.5, 0.6) is 0 Å². The Morgan fingerprint density at radius 1 is 1.16 bits per heavy atom. The van der Waals surface area contributed by atoms with E-state index < -0.39 is 35.2 Å². The highest BCUT2D eigenvalue weighted by molar-refractivity contribution is 6.11. The smallest absolute Gasteiger partial charge is 0.259 e. The van der Waals surface area contributed by atoms with E-state index >= 15 is 0 Å². The van der Waals surface area contributed by atoms with Crippen molar-refractivity contribution < 1.29 is 22.8 Å². The summed E-state index contributed by atoms with van der Waals surface area (Å²) >= 11 is 0. The van der Waals surface area contributed by atoms with E-state index in [-0.39, 0.29) is 23.7 Å². The number of carbonyl (C=O) groups excluding carboxylic acids is 2. The molecule has 0 fully saturated rings. The van der Waals surface area contributed by atoms with Crippen molar-refractivity contribution >= 4 is 28.4 Å². The maximum absolute atomic E-state index is 14.3. The van der Waals surface area contributed by atoms with Crippen LogP contribution in [0, 0.1) is 17.5 Å². The van der Waals surface area contributed by atoms with E-state index in [0.29, 0.717) is 11.3 Å². The summed E-state index contributed by atoms with van der Waals surface area (Å²) in [5.41, 5.74) is 3.10. The normalized spacial score (nSPS) is 17.8. The van der Waals surface area contributed by atoms with Crippen molar-refractivity contribution in [3.63, 3.8) is 0 Å². The Morgan fingerprint density at radius 2 is 1.84 bits per heavy atom. The molecule has 32 heavy (non-hydrogen) atoms. The molecule has 8 heteroatoms. The van der Waals surface area contributed by atoms with Crippen molar-refractivity contribution in [1.29, 1.82) is 0 Å². The van der Waals surface area contributed by atoms with E-state index in [9.17, 15) is 22.8 Å². The van der Waals surface area contributed by atoms with Crippen LogP contribution in [0.4, 0.5) is 18.9 Å². The average Bonchev–Trinajstić information content (AvgIpc) is 3.22. The fraction of sp³-hybridized carbons (Fsp3) is 0.250. The molecule has 0 bridgehead atoms. The number of benzene rings is 2. The van der Waals surface area contributed by atoms with Crippen LogP contribution in [0.1, 0.15) is 43.9 Å². The summed E-state index contributed by atoms with van der Waals surface area (Å²) in [5.74, 6) is -6.08. The van der Waals surface area contributed by atoms with E-state index in [1.807, 2.05) is 42.8 Å². The number of anilines is 1. The molecule has 0 aliphatic carbocycles. The van der Waals surface area contributed by atoms with E-state index in [1.165, 1.54) is 6.92 Å². The lowest BCUT2D eigenvalue weighted by atomic mass is 9.84. The van der Waals surface area contributed by atoms with Gasteiger partial charge in [0.2, 0.25) is 5.91 Å². The Morgan fingerprint density at radius 3 is 2.47 bits per heavy atom. The fourth-order valence-corrected chi connectivity index (χ4v) is 4.75. The third-order valence-electron chi connectivity index (χ3n) is 6.17. The van der Waals surface area contributed by atoms with Crippen molar-refractivity contribution in [2.45, 2.75) is 32.7 Å². The minimum absolute atomic E-state index is 0.0248. The van der Waals surface area contributed by atoms with Gasteiger partial charge in [0.25, 0.3) is 5.91 Å². The number of imide groups is 1. The van der Waals surface area contributed by atoms with Gasteiger partial charge < -0.3 is 9.88 Å². The number of halogens is 3. The molecule has 164 valence electrons. The van der Waals surface area contributed by atoms with Gasteiger partial charge in [-0.15, -0.1) is 0 Å². The summed E-state index contributed by atoms with van der Waals surface area (Å²) in [6.45, 7) is 5.32. The van der Waals surface area contributed by atoms with Crippen molar-refractivity contribution in [2.75, 3.05) is 11.9 Å². The molecule has 1 N–H and O–H groups in total. The first-order chi connectivity index (χ1) is 15.2. The van der Waals surface area contributed by atoms with Crippen LogP contribution in [0.2, 0.25) is 0 Å². The van der Waals surface area contributed by atoms with Gasteiger partial charge in [0.1, 0.15) is 0 Å². The zero-order valence-electron chi connectivity index (χ0n) is 17.7. The summed E-state index contributed by atoms with van der Waals surface area (Å²) in [7, 11) is 0. The fourth-order valence-electron chi connectivity index (χ4n) is 4.75. The zero-order chi connectivity index (χ0) is 22.9. The second-order valence-electron chi connectivity index (χ2n) is 8.44. The Labute approximate surface area is 182 Å².